The summed E-state index contributed by atoms with van der Waals surface area (Å²) in [6, 6.07) is 0. The Balaban J connectivity index is 1.57. The molecule has 0 radical (unpaired) electrons. The highest BCUT2D eigenvalue weighted by Crippen LogP contribution is 2.59. The summed E-state index contributed by atoms with van der Waals surface area (Å²) in [6.07, 6.45) is -6.20. The minimum atomic E-state index is -5.43. The van der Waals surface area contributed by atoms with Gasteiger partial charge in [0, 0.05) is 0 Å². The number of rotatable bonds is 0. The highest BCUT2D eigenvalue weighted by molar-refractivity contribution is 8.00. The number of nitrogens with two attached hydrogens (primary N) is 1. The molecule has 0 spiro atoms. The first-order valence-corrected chi connectivity index (χ1v) is 14.0. The summed E-state index contributed by atoms with van der Waals surface area (Å²) in [5.74, 6) is 0.0344. The van der Waals surface area contributed by atoms with Crippen LogP contribution < -0.4 is 15.2 Å². The molecule has 17 nitrogen and oxygen atoms in total. The lowest BCUT2D eigenvalue weighted by atomic mass is 10.1. The quantitative estimate of drug-likeness (QED) is 0.138. The molecule has 2 aromatic heterocycles. The van der Waals surface area contributed by atoms with Crippen molar-refractivity contribution in [2.75, 3.05) is 18.9 Å². The summed E-state index contributed by atoms with van der Waals surface area (Å²) in [5, 5.41) is 39.9. The van der Waals surface area contributed by atoms with Crippen LogP contribution in [0.5, 0.6) is 0 Å². The van der Waals surface area contributed by atoms with Crippen molar-refractivity contribution in [3.63, 3.8) is 0 Å². The third-order valence-corrected chi connectivity index (χ3v) is 9.93. The van der Waals surface area contributed by atoms with Crippen LogP contribution in [0.4, 0.5) is 5.82 Å². The van der Waals surface area contributed by atoms with E-state index in [9.17, 15) is 39.3 Å². The molecule has 0 aliphatic carbocycles. The van der Waals surface area contributed by atoms with Crippen molar-refractivity contribution in [1.29, 1.82) is 0 Å². The molecule has 194 valence electrons. The zero-order chi connectivity index (χ0) is 25.3. The Morgan fingerprint density at radius 3 is 2.60 bits per heavy atom. The molecule has 8 bridgehead atoms. The lowest BCUT2D eigenvalue weighted by molar-refractivity contribution is -0.694. The monoisotopic (exact) mass is 557 g/mol. The van der Waals surface area contributed by atoms with Crippen LogP contribution in [0.25, 0.3) is 11.2 Å². The average Bonchev–Trinajstić information content (AvgIpc) is 3.41. The molecule has 4 aliphatic rings. The Morgan fingerprint density at radius 1 is 1.11 bits per heavy atom. The second kappa shape index (κ2) is 8.95. The van der Waals surface area contributed by atoms with Gasteiger partial charge in [0.1, 0.15) is 30.7 Å². The SMILES string of the molecule is Nc1c2ncn3c2nc[n+]1[C@@H]1S[C@H](COP(=O)([O-])OP(=O)(O)OC[C@H]2O[C@@H]3[C@H](O)[C@@H]2O)[C@@H](O)[C@H]1O. The molecule has 2 unspecified atom stereocenters. The van der Waals surface area contributed by atoms with Crippen LogP contribution in [0.1, 0.15) is 11.6 Å². The molecule has 0 amide bonds. The second-order valence-corrected chi connectivity index (χ2v) is 12.4. The number of nitrogen functional groups attached to an aromatic ring is 1. The van der Waals surface area contributed by atoms with E-state index in [0.29, 0.717) is 0 Å². The van der Waals surface area contributed by atoms with Crippen LogP contribution in [0.3, 0.4) is 0 Å². The van der Waals surface area contributed by atoms with Gasteiger partial charge in [-0.3, -0.25) is 13.7 Å². The van der Waals surface area contributed by atoms with Crippen LogP contribution in [-0.4, -0.2) is 88.8 Å². The van der Waals surface area contributed by atoms with Gasteiger partial charge in [0.05, 0.1) is 24.6 Å². The van der Waals surface area contributed by atoms with Crippen molar-refractivity contribution in [2.45, 2.75) is 47.4 Å². The molecule has 35 heavy (non-hydrogen) atoms. The number of hydrogen-bond donors (Lipinski definition) is 6. The fraction of sp³-hybridized carbons (Fsp3) is 0.667. The van der Waals surface area contributed by atoms with Crippen LogP contribution in [0.15, 0.2) is 12.7 Å². The van der Waals surface area contributed by atoms with E-state index < -0.39 is 76.2 Å². The van der Waals surface area contributed by atoms with Crippen molar-refractivity contribution in [3.8, 4) is 0 Å². The Bertz CT molecular complexity index is 1230. The largest absolute Gasteiger partial charge is 0.756 e. The van der Waals surface area contributed by atoms with E-state index in [1.54, 1.807) is 0 Å². The molecule has 6 heterocycles. The van der Waals surface area contributed by atoms with E-state index in [0.717, 1.165) is 11.8 Å². The van der Waals surface area contributed by atoms with Gasteiger partial charge in [0.15, 0.2) is 17.1 Å². The first kappa shape index (κ1) is 25.4. The summed E-state index contributed by atoms with van der Waals surface area (Å²) in [4.78, 5) is 30.4. The number of fused-ring (bicyclic) bond motifs is 7. The zero-order valence-electron chi connectivity index (χ0n) is 17.5. The molecule has 0 saturated carbocycles. The van der Waals surface area contributed by atoms with Crippen molar-refractivity contribution in [3.05, 3.63) is 12.7 Å². The minimum absolute atomic E-state index is 0.0344. The molecule has 6 rings (SSSR count). The van der Waals surface area contributed by atoms with Gasteiger partial charge in [0.25, 0.3) is 13.6 Å². The van der Waals surface area contributed by atoms with Crippen molar-refractivity contribution in [2.24, 2.45) is 0 Å². The predicted octanol–water partition coefficient (Wildman–Crippen LogP) is -3.11. The predicted molar refractivity (Wildman–Crippen MR) is 111 cm³/mol. The van der Waals surface area contributed by atoms with E-state index in [2.05, 4.69) is 23.3 Å². The minimum Gasteiger partial charge on any atom is -0.756 e. The maximum Gasteiger partial charge on any atom is 0.478 e. The highest BCUT2D eigenvalue weighted by Gasteiger charge is 2.49. The highest BCUT2D eigenvalue weighted by atomic mass is 32.2. The van der Waals surface area contributed by atoms with E-state index >= 15 is 0 Å². The first-order chi connectivity index (χ1) is 16.4. The number of phosphoric acid groups is 2. The number of ether oxygens (including phenoxy) is 1. The third kappa shape index (κ3) is 4.53. The maximum atomic E-state index is 12.2. The standard InChI is InChI=1S/C15H21N5O12P2S/c16-12-7-13-18-4-19(12)15-11(24)9(22)6(35-15)2-30-34(27,28)32-33(25,26)29-1-5-8(21)10(23)14(31-5)20(13)3-17-7/h3-6,8-11,14-16,21-24H,1-2H2,(H2,25,26,27,28)/t5-,6-,8-,9-,10-,11-,14-,15-/m1/s1. The van der Waals surface area contributed by atoms with Gasteiger partial charge in [-0.15, -0.1) is 11.8 Å². The van der Waals surface area contributed by atoms with Gasteiger partial charge >= 0.3 is 7.82 Å². The maximum absolute atomic E-state index is 12.2. The van der Waals surface area contributed by atoms with E-state index in [4.69, 9.17) is 10.5 Å². The van der Waals surface area contributed by atoms with E-state index in [1.165, 1.54) is 21.8 Å². The van der Waals surface area contributed by atoms with E-state index in [-0.39, 0.29) is 17.0 Å². The Morgan fingerprint density at radius 2 is 1.86 bits per heavy atom. The van der Waals surface area contributed by atoms with Gasteiger partial charge in [-0.1, -0.05) is 4.98 Å². The lowest BCUT2D eigenvalue weighted by Gasteiger charge is -2.26. The summed E-state index contributed by atoms with van der Waals surface area (Å²) >= 11 is 0.915. The lowest BCUT2D eigenvalue weighted by Crippen LogP contribution is -2.47. The molecular weight excluding hydrogens is 536 g/mol. The van der Waals surface area contributed by atoms with Crippen LogP contribution in [0.2, 0.25) is 0 Å². The molecule has 2 fully saturated rings. The molecule has 7 N–H and O–H groups in total. The number of aliphatic hydroxyl groups excluding tert-OH is 4. The Kier molecular flexibility index (Phi) is 6.50. The van der Waals surface area contributed by atoms with Crippen molar-refractivity contribution < 1.29 is 62.0 Å². The molecule has 20 heteroatoms. The summed E-state index contributed by atoms with van der Waals surface area (Å²) in [6.45, 7) is -1.56. The molecular formula is C15H21N5O12P2S. The molecule has 2 aromatic rings. The number of nitrogens with zero attached hydrogens (tertiary/aromatic N) is 4. The summed E-state index contributed by atoms with van der Waals surface area (Å²) in [7, 11) is -10.7. The number of thioether (sulfide) groups is 1. The Labute approximate surface area is 200 Å². The number of aromatic nitrogens is 4. The van der Waals surface area contributed by atoms with Crippen LogP contribution in [0, 0.1) is 0 Å². The van der Waals surface area contributed by atoms with E-state index in [1.807, 2.05) is 0 Å². The number of anilines is 1. The number of aliphatic hydroxyl groups is 4. The average molecular weight is 557 g/mol. The third-order valence-electron chi connectivity index (χ3n) is 5.82. The van der Waals surface area contributed by atoms with Gasteiger partial charge in [-0.2, -0.15) is 0 Å². The first-order valence-electron chi connectivity index (χ1n) is 10.1. The van der Waals surface area contributed by atoms with Gasteiger partial charge in [-0.05, 0) is 0 Å². The molecule has 0 aromatic carbocycles. The zero-order valence-corrected chi connectivity index (χ0v) is 20.1. The van der Waals surface area contributed by atoms with Crippen molar-refractivity contribution in [1.82, 2.24) is 14.5 Å². The number of hydrogen-bond acceptors (Lipinski definition) is 15. The summed E-state index contributed by atoms with van der Waals surface area (Å²) in [5.41, 5.74) is 6.55. The van der Waals surface area contributed by atoms with Crippen LogP contribution >= 0.6 is 27.4 Å². The summed E-state index contributed by atoms with van der Waals surface area (Å²) < 4.78 is 45.8. The Hall–Kier alpha value is -1.24. The second-order valence-electron chi connectivity index (χ2n) is 8.04. The van der Waals surface area contributed by atoms with Gasteiger partial charge in [0.2, 0.25) is 12.0 Å². The number of imidazole rings is 1. The molecule has 2 saturated heterocycles. The molecule has 4 aliphatic heterocycles. The van der Waals surface area contributed by atoms with Crippen LogP contribution in [-0.2, 0) is 27.2 Å². The smallest absolute Gasteiger partial charge is 0.478 e. The normalized spacial score (nSPS) is 44.6. The van der Waals surface area contributed by atoms with Gasteiger partial charge < -0.3 is 45.2 Å². The van der Waals surface area contributed by atoms with Crippen molar-refractivity contribution >= 4 is 44.4 Å². The number of phosphoric ester groups is 2. The van der Waals surface area contributed by atoms with Gasteiger partial charge in [-0.25, -0.2) is 18.4 Å². The fourth-order valence-corrected chi connectivity index (χ4v) is 7.67. The topological polar surface area (TPSA) is 256 Å². The fourth-order valence-electron chi connectivity index (χ4n) is 4.05. The molecule has 10 atom stereocenters.